The Morgan fingerprint density at radius 1 is 1.46 bits per heavy atom. The highest BCUT2D eigenvalue weighted by Crippen LogP contribution is 2.43. The zero-order valence-corrected chi connectivity index (χ0v) is 8.40. The Hall–Kier alpha value is -0.280. The van der Waals surface area contributed by atoms with E-state index >= 15 is 0 Å². The van der Waals surface area contributed by atoms with E-state index in [0.717, 1.165) is 25.8 Å². The molecule has 1 aliphatic carbocycles. The number of hydrogen-bond acceptors (Lipinski definition) is 2. The van der Waals surface area contributed by atoms with Crippen LogP contribution in [0.2, 0.25) is 0 Å². The Balaban J connectivity index is 0.000000845. The molecule has 0 aromatic heterocycles. The van der Waals surface area contributed by atoms with E-state index in [9.17, 15) is 4.79 Å². The molecule has 2 N–H and O–H groups in total. The van der Waals surface area contributed by atoms with Crippen LogP contribution in [0.5, 0.6) is 0 Å². The maximum absolute atomic E-state index is 11.1. The van der Waals surface area contributed by atoms with Crippen LogP contribution in [-0.2, 0) is 4.79 Å². The highest BCUT2D eigenvalue weighted by molar-refractivity contribution is 5.85. The van der Waals surface area contributed by atoms with Crippen LogP contribution in [-0.4, -0.2) is 24.2 Å². The lowest BCUT2D eigenvalue weighted by Gasteiger charge is -2.34. The summed E-state index contributed by atoms with van der Waals surface area (Å²) in [7, 11) is 0. The number of rotatable bonds is 1. The van der Waals surface area contributed by atoms with Crippen molar-refractivity contribution in [1.29, 1.82) is 0 Å². The molecule has 2 rings (SSSR count). The van der Waals surface area contributed by atoms with E-state index in [1.54, 1.807) is 0 Å². The molecule has 13 heavy (non-hydrogen) atoms. The van der Waals surface area contributed by atoms with E-state index in [1.807, 2.05) is 0 Å². The van der Waals surface area contributed by atoms with Crippen molar-refractivity contribution in [1.82, 2.24) is 5.32 Å². The van der Waals surface area contributed by atoms with Crippen LogP contribution in [0, 0.1) is 11.3 Å². The summed E-state index contributed by atoms with van der Waals surface area (Å²) in [6.45, 7) is 1.60. The Bertz CT molecular complexity index is 210. The predicted molar refractivity (Wildman–Crippen MR) is 52.1 cm³/mol. The zero-order valence-electron chi connectivity index (χ0n) is 7.58. The van der Waals surface area contributed by atoms with Crippen LogP contribution in [0.15, 0.2) is 0 Å². The van der Waals surface area contributed by atoms with Gasteiger partial charge in [0.2, 0.25) is 0 Å². The van der Waals surface area contributed by atoms with Gasteiger partial charge in [0.1, 0.15) is 0 Å². The van der Waals surface area contributed by atoms with Crippen molar-refractivity contribution >= 4 is 18.4 Å². The summed E-state index contributed by atoms with van der Waals surface area (Å²) in [4.78, 5) is 11.1. The van der Waals surface area contributed by atoms with Gasteiger partial charge in [-0.1, -0.05) is 12.8 Å². The van der Waals surface area contributed by atoms with Gasteiger partial charge in [-0.3, -0.25) is 4.79 Å². The van der Waals surface area contributed by atoms with Gasteiger partial charge in [0.05, 0.1) is 5.41 Å². The first-order chi connectivity index (χ1) is 5.76. The lowest BCUT2D eigenvalue weighted by molar-refractivity contribution is -0.152. The molecule has 2 fully saturated rings. The van der Waals surface area contributed by atoms with Crippen molar-refractivity contribution in [3.8, 4) is 0 Å². The first-order valence-corrected chi connectivity index (χ1v) is 4.70. The molecule has 4 heteroatoms. The van der Waals surface area contributed by atoms with Crippen LogP contribution in [0.25, 0.3) is 0 Å². The summed E-state index contributed by atoms with van der Waals surface area (Å²) >= 11 is 0. The zero-order chi connectivity index (χ0) is 8.60. The van der Waals surface area contributed by atoms with Gasteiger partial charge < -0.3 is 10.4 Å². The summed E-state index contributed by atoms with van der Waals surface area (Å²) in [5.41, 5.74) is -0.405. The molecule has 3 nitrogen and oxygen atoms in total. The molecule has 0 amide bonds. The monoisotopic (exact) mass is 205 g/mol. The highest BCUT2D eigenvalue weighted by Gasteiger charge is 2.49. The van der Waals surface area contributed by atoms with Crippen molar-refractivity contribution < 1.29 is 9.90 Å². The number of fused-ring (bicyclic) bond motifs is 1. The Morgan fingerprint density at radius 3 is 2.85 bits per heavy atom. The Kier molecular flexibility index (Phi) is 3.19. The van der Waals surface area contributed by atoms with Gasteiger partial charge in [-0.05, 0) is 25.3 Å². The molecule has 1 aliphatic heterocycles. The second-order valence-corrected chi connectivity index (χ2v) is 4.03. The SMILES string of the molecule is Cl.O=C(O)C12CCCCC1CNC2. The molecule has 0 aromatic rings. The van der Waals surface area contributed by atoms with Gasteiger partial charge in [0, 0.05) is 6.54 Å². The quantitative estimate of drug-likeness (QED) is 0.678. The maximum Gasteiger partial charge on any atom is 0.311 e. The fraction of sp³-hybridized carbons (Fsp3) is 0.889. The fourth-order valence-electron chi connectivity index (χ4n) is 2.67. The fourth-order valence-corrected chi connectivity index (χ4v) is 2.67. The van der Waals surface area contributed by atoms with Gasteiger partial charge in [-0.25, -0.2) is 0 Å². The third kappa shape index (κ3) is 1.55. The van der Waals surface area contributed by atoms with Crippen molar-refractivity contribution in [3.63, 3.8) is 0 Å². The first kappa shape index (κ1) is 10.8. The number of carbonyl (C=O) groups is 1. The van der Waals surface area contributed by atoms with Gasteiger partial charge in [0.25, 0.3) is 0 Å². The molecule has 2 unspecified atom stereocenters. The Morgan fingerprint density at radius 2 is 2.23 bits per heavy atom. The molecule has 1 heterocycles. The Labute approximate surface area is 84.3 Å². The number of carboxylic acid groups (broad SMARTS) is 1. The van der Waals surface area contributed by atoms with E-state index in [0.29, 0.717) is 12.5 Å². The summed E-state index contributed by atoms with van der Waals surface area (Å²) in [6, 6.07) is 0. The number of halogens is 1. The van der Waals surface area contributed by atoms with Gasteiger partial charge in [-0.15, -0.1) is 12.4 Å². The standard InChI is InChI=1S/C9H15NO2.ClH/c11-8(12)9-4-2-1-3-7(9)5-10-6-9;/h7,10H,1-6H2,(H,11,12);1H. The molecule has 1 saturated heterocycles. The number of carboxylic acids is 1. The van der Waals surface area contributed by atoms with Crippen molar-refractivity contribution in [2.24, 2.45) is 11.3 Å². The number of hydrogen-bond donors (Lipinski definition) is 2. The van der Waals surface area contributed by atoms with E-state index < -0.39 is 11.4 Å². The van der Waals surface area contributed by atoms with Crippen LogP contribution in [0.3, 0.4) is 0 Å². The summed E-state index contributed by atoms with van der Waals surface area (Å²) < 4.78 is 0. The second-order valence-electron chi connectivity index (χ2n) is 4.03. The van der Waals surface area contributed by atoms with Gasteiger partial charge in [0.15, 0.2) is 0 Å². The molecule has 1 saturated carbocycles. The molecular weight excluding hydrogens is 190 g/mol. The third-order valence-electron chi connectivity index (χ3n) is 3.46. The molecule has 2 atom stereocenters. The van der Waals surface area contributed by atoms with Crippen LogP contribution >= 0.6 is 12.4 Å². The average molecular weight is 206 g/mol. The highest BCUT2D eigenvalue weighted by atomic mass is 35.5. The van der Waals surface area contributed by atoms with Crippen molar-refractivity contribution in [3.05, 3.63) is 0 Å². The molecule has 0 spiro atoms. The van der Waals surface area contributed by atoms with E-state index in [2.05, 4.69) is 5.32 Å². The molecule has 2 aliphatic rings. The molecule has 0 aromatic carbocycles. The summed E-state index contributed by atoms with van der Waals surface area (Å²) in [5.74, 6) is -0.194. The van der Waals surface area contributed by atoms with E-state index in [-0.39, 0.29) is 12.4 Å². The first-order valence-electron chi connectivity index (χ1n) is 4.70. The van der Waals surface area contributed by atoms with E-state index in [1.165, 1.54) is 6.42 Å². The number of nitrogens with one attached hydrogen (secondary N) is 1. The minimum Gasteiger partial charge on any atom is -0.481 e. The molecular formula is C9H16ClNO2. The molecule has 0 bridgehead atoms. The van der Waals surface area contributed by atoms with Crippen molar-refractivity contribution in [2.75, 3.05) is 13.1 Å². The smallest absolute Gasteiger partial charge is 0.311 e. The minimum absolute atomic E-state index is 0. The maximum atomic E-state index is 11.1. The van der Waals surface area contributed by atoms with Gasteiger partial charge >= 0.3 is 5.97 Å². The van der Waals surface area contributed by atoms with Crippen LogP contribution < -0.4 is 5.32 Å². The minimum atomic E-state index is -0.586. The summed E-state index contributed by atoms with van der Waals surface area (Å²) in [5, 5.41) is 12.4. The third-order valence-corrected chi connectivity index (χ3v) is 3.46. The van der Waals surface area contributed by atoms with Crippen LogP contribution in [0.4, 0.5) is 0 Å². The van der Waals surface area contributed by atoms with E-state index in [4.69, 9.17) is 5.11 Å². The second kappa shape index (κ2) is 3.84. The molecule has 0 radical (unpaired) electrons. The van der Waals surface area contributed by atoms with Gasteiger partial charge in [-0.2, -0.15) is 0 Å². The number of aliphatic carboxylic acids is 1. The largest absolute Gasteiger partial charge is 0.481 e. The topological polar surface area (TPSA) is 49.3 Å². The van der Waals surface area contributed by atoms with Crippen LogP contribution in [0.1, 0.15) is 25.7 Å². The predicted octanol–water partition coefficient (Wildman–Crippen LogP) is 1.27. The lowest BCUT2D eigenvalue weighted by Crippen LogP contribution is -2.40. The molecule has 76 valence electrons. The normalized spacial score (nSPS) is 37.7. The van der Waals surface area contributed by atoms with Crippen molar-refractivity contribution in [2.45, 2.75) is 25.7 Å². The average Bonchev–Trinajstić information content (AvgIpc) is 2.48. The lowest BCUT2D eigenvalue weighted by atomic mass is 9.68. The summed E-state index contributed by atoms with van der Waals surface area (Å²) in [6.07, 6.45) is 4.27.